The van der Waals surface area contributed by atoms with Gasteiger partial charge in [0.05, 0.1) is 25.9 Å². The van der Waals surface area contributed by atoms with Gasteiger partial charge in [0.15, 0.2) is 0 Å². The molecular weight excluding hydrogens is 274 g/mol. The van der Waals surface area contributed by atoms with Gasteiger partial charge in [-0.2, -0.15) is 0 Å². The fourth-order valence-corrected chi connectivity index (χ4v) is 1.89. The lowest BCUT2D eigenvalue weighted by atomic mass is 10.3. The molecule has 0 spiro atoms. The zero-order valence-electron chi connectivity index (χ0n) is 12.9. The quantitative estimate of drug-likeness (QED) is 0.380. The van der Waals surface area contributed by atoms with Crippen LogP contribution in [0.5, 0.6) is 0 Å². The van der Waals surface area contributed by atoms with E-state index in [0.29, 0.717) is 6.61 Å². The van der Waals surface area contributed by atoms with Gasteiger partial charge >= 0.3 is 11.9 Å². The van der Waals surface area contributed by atoms with Gasteiger partial charge in [0.2, 0.25) is 0 Å². The van der Waals surface area contributed by atoms with Gasteiger partial charge < -0.3 is 14.2 Å². The zero-order valence-corrected chi connectivity index (χ0v) is 12.9. The minimum Gasteiger partial charge on any atom is -0.463 e. The van der Waals surface area contributed by atoms with Crippen molar-refractivity contribution in [1.29, 1.82) is 0 Å². The van der Waals surface area contributed by atoms with Crippen LogP contribution in [0.4, 0.5) is 0 Å². The molecule has 0 N–H and O–H groups in total. The van der Waals surface area contributed by atoms with Crippen molar-refractivity contribution >= 4 is 11.9 Å². The molecule has 0 aromatic heterocycles. The lowest BCUT2D eigenvalue weighted by Crippen LogP contribution is -2.36. The first kappa shape index (κ1) is 17.7. The highest BCUT2D eigenvalue weighted by Gasteiger charge is 2.09. The van der Waals surface area contributed by atoms with Crippen LogP contribution >= 0.6 is 0 Å². The summed E-state index contributed by atoms with van der Waals surface area (Å²) in [6, 6.07) is 0. The van der Waals surface area contributed by atoms with E-state index in [-0.39, 0.29) is 6.10 Å². The standard InChI is InChI=1S/C15H25NO5/c1-13(2)21-15(18)6-5-14(17)20-10-4-3-7-16-8-11-19-12-9-16/h5-6,13H,3-4,7-12H2,1-2H3/b6-5+. The maximum absolute atomic E-state index is 11.4. The summed E-state index contributed by atoms with van der Waals surface area (Å²) >= 11 is 0. The summed E-state index contributed by atoms with van der Waals surface area (Å²) in [5.74, 6) is -1.05. The third kappa shape index (κ3) is 9.20. The number of carbonyl (C=O) groups is 2. The van der Waals surface area contributed by atoms with Crippen LogP contribution in [0.15, 0.2) is 12.2 Å². The molecule has 0 bridgehead atoms. The second-order valence-electron chi connectivity index (χ2n) is 5.15. The topological polar surface area (TPSA) is 65.1 Å². The molecule has 1 aliphatic rings. The van der Waals surface area contributed by atoms with Crippen molar-refractivity contribution in [1.82, 2.24) is 4.90 Å². The first-order valence-electron chi connectivity index (χ1n) is 7.43. The van der Waals surface area contributed by atoms with Gasteiger partial charge in [0.1, 0.15) is 0 Å². The zero-order chi connectivity index (χ0) is 15.5. The van der Waals surface area contributed by atoms with Crippen molar-refractivity contribution in [2.24, 2.45) is 0 Å². The van der Waals surface area contributed by atoms with Gasteiger partial charge in [-0.25, -0.2) is 9.59 Å². The molecule has 120 valence electrons. The largest absolute Gasteiger partial charge is 0.463 e. The van der Waals surface area contributed by atoms with Crippen LogP contribution in [-0.2, 0) is 23.8 Å². The maximum atomic E-state index is 11.4. The molecule has 0 aromatic carbocycles. The molecule has 0 amide bonds. The first-order valence-corrected chi connectivity index (χ1v) is 7.43. The van der Waals surface area contributed by atoms with Gasteiger partial charge in [-0.05, 0) is 33.2 Å². The number of rotatable bonds is 8. The summed E-state index contributed by atoms with van der Waals surface area (Å²) in [5.41, 5.74) is 0. The molecule has 0 aromatic rings. The van der Waals surface area contributed by atoms with Crippen LogP contribution in [0.25, 0.3) is 0 Å². The van der Waals surface area contributed by atoms with E-state index in [1.807, 2.05) is 0 Å². The van der Waals surface area contributed by atoms with Crippen LogP contribution in [0.1, 0.15) is 26.7 Å². The van der Waals surface area contributed by atoms with Crippen LogP contribution < -0.4 is 0 Å². The van der Waals surface area contributed by atoms with Gasteiger partial charge in [0.25, 0.3) is 0 Å². The molecular formula is C15H25NO5. The predicted molar refractivity (Wildman–Crippen MR) is 77.8 cm³/mol. The summed E-state index contributed by atoms with van der Waals surface area (Å²) in [7, 11) is 0. The van der Waals surface area contributed by atoms with Crippen LogP contribution in [0.2, 0.25) is 0 Å². The summed E-state index contributed by atoms with van der Waals surface area (Å²) in [5, 5.41) is 0. The number of unbranched alkanes of at least 4 members (excludes halogenated alkanes) is 1. The average Bonchev–Trinajstić information content (AvgIpc) is 2.45. The molecule has 1 rings (SSSR count). The molecule has 0 radical (unpaired) electrons. The Morgan fingerprint density at radius 2 is 1.81 bits per heavy atom. The van der Waals surface area contributed by atoms with Crippen molar-refractivity contribution in [3.05, 3.63) is 12.2 Å². The average molecular weight is 299 g/mol. The third-order valence-corrected chi connectivity index (χ3v) is 2.92. The number of hydrogen-bond acceptors (Lipinski definition) is 6. The van der Waals surface area contributed by atoms with E-state index in [4.69, 9.17) is 14.2 Å². The number of nitrogens with zero attached hydrogens (tertiary/aromatic N) is 1. The lowest BCUT2D eigenvalue weighted by Gasteiger charge is -2.26. The molecule has 6 nitrogen and oxygen atoms in total. The highest BCUT2D eigenvalue weighted by atomic mass is 16.5. The van der Waals surface area contributed by atoms with E-state index in [1.165, 1.54) is 0 Å². The van der Waals surface area contributed by atoms with Crippen molar-refractivity contribution in [3.63, 3.8) is 0 Å². The van der Waals surface area contributed by atoms with Gasteiger partial charge in [0, 0.05) is 25.2 Å². The monoisotopic (exact) mass is 299 g/mol. The summed E-state index contributed by atoms with van der Waals surface area (Å²) in [6.07, 6.45) is 3.79. The Bertz CT molecular complexity index is 348. The highest BCUT2D eigenvalue weighted by molar-refractivity contribution is 5.91. The lowest BCUT2D eigenvalue weighted by molar-refractivity contribution is -0.142. The Balaban J connectivity index is 2.02. The van der Waals surface area contributed by atoms with E-state index >= 15 is 0 Å². The third-order valence-electron chi connectivity index (χ3n) is 2.92. The molecule has 1 saturated heterocycles. The van der Waals surface area contributed by atoms with Gasteiger partial charge in [-0.1, -0.05) is 0 Å². The molecule has 0 aliphatic carbocycles. The Morgan fingerprint density at radius 1 is 1.14 bits per heavy atom. The summed E-state index contributed by atoms with van der Waals surface area (Å²) in [4.78, 5) is 24.9. The molecule has 0 unspecified atom stereocenters. The molecule has 1 heterocycles. The minimum absolute atomic E-state index is 0.196. The number of ether oxygens (including phenoxy) is 3. The van der Waals surface area contributed by atoms with Crippen LogP contribution in [0, 0.1) is 0 Å². The molecule has 0 atom stereocenters. The highest BCUT2D eigenvalue weighted by Crippen LogP contribution is 2.00. The predicted octanol–water partition coefficient (Wildman–Crippen LogP) is 1.15. The Hall–Kier alpha value is -1.40. The normalized spacial score (nSPS) is 16.3. The molecule has 1 fully saturated rings. The first-order chi connectivity index (χ1) is 10.1. The fourth-order valence-electron chi connectivity index (χ4n) is 1.89. The molecule has 0 saturated carbocycles. The van der Waals surface area contributed by atoms with Crippen molar-refractivity contribution in [2.75, 3.05) is 39.5 Å². The Morgan fingerprint density at radius 3 is 2.48 bits per heavy atom. The SMILES string of the molecule is CC(C)OC(=O)/C=C/C(=O)OCCCCN1CCOCC1. The number of esters is 2. The van der Waals surface area contributed by atoms with E-state index in [0.717, 1.165) is 57.8 Å². The van der Waals surface area contributed by atoms with Crippen molar-refractivity contribution in [2.45, 2.75) is 32.8 Å². The van der Waals surface area contributed by atoms with E-state index < -0.39 is 11.9 Å². The molecule has 1 aliphatic heterocycles. The smallest absolute Gasteiger partial charge is 0.331 e. The second kappa shape index (κ2) is 10.3. The van der Waals surface area contributed by atoms with Crippen LogP contribution in [-0.4, -0.2) is 62.4 Å². The fraction of sp³-hybridized carbons (Fsp3) is 0.733. The number of morpholine rings is 1. The van der Waals surface area contributed by atoms with E-state index in [9.17, 15) is 9.59 Å². The second-order valence-corrected chi connectivity index (χ2v) is 5.15. The van der Waals surface area contributed by atoms with E-state index in [1.54, 1.807) is 13.8 Å². The van der Waals surface area contributed by atoms with E-state index in [2.05, 4.69) is 4.90 Å². The number of hydrogen-bond donors (Lipinski definition) is 0. The summed E-state index contributed by atoms with van der Waals surface area (Å²) < 4.78 is 15.1. The van der Waals surface area contributed by atoms with Crippen molar-refractivity contribution in [3.8, 4) is 0 Å². The van der Waals surface area contributed by atoms with Gasteiger partial charge in [-0.3, -0.25) is 4.90 Å². The Kier molecular flexibility index (Phi) is 8.69. The molecule has 6 heteroatoms. The maximum Gasteiger partial charge on any atom is 0.331 e. The number of carbonyl (C=O) groups excluding carboxylic acids is 2. The van der Waals surface area contributed by atoms with Crippen molar-refractivity contribution < 1.29 is 23.8 Å². The molecule has 21 heavy (non-hydrogen) atoms. The van der Waals surface area contributed by atoms with Crippen LogP contribution in [0.3, 0.4) is 0 Å². The Labute approximate surface area is 126 Å². The van der Waals surface area contributed by atoms with Gasteiger partial charge in [-0.15, -0.1) is 0 Å². The minimum atomic E-state index is -0.533. The summed E-state index contributed by atoms with van der Waals surface area (Å²) in [6.45, 7) is 8.40.